The van der Waals surface area contributed by atoms with Crippen LogP contribution >= 0.6 is 0 Å². The monoisotopic (exact) mass is 242 g/mol. The maximum absolute atomic E-state index is 6.02. The molecule has 0 bridgehead atoms. The fourth-order valence-electron chi connectivity index (χ4n) is 2.61. The number of ether oxygens (including phenoxy) is 1. The fourth-order valence-corrected chi connectivity index (χ4v) is 2.61. The van der Waals surface area contributed by atoms with E-state index >= 15 is 0 Å². The Labute approximate surface area is 107 Å². The van der Waals surface area contributed by atoms with Crippen molar-refractivity contribution in [2.75, 3.05) is 32.8 Å². The third-order valence-corrected chi connectivity index (χ3v) is 3.99. The number of rotatable bonds is 7. The van der Waals surface area contributed by atoms with E-state index in [9.17, 15) is 0 Å². The molecule has 1 saturated heterocycles. The van der Waals surface area contributed by atoms with Gasteiger partial charge in [-0.25, -0.2) is 0 Å². The Morgan fingerprint density at radius 1 is 1.18 bits per heavy atom. The lowest BCUT2D eigenvalue weighted by Crippen LogP contribution is -2.52. The molecule has 3 heteroatoms. The van der Waals surface area contributed by atoms with Gasteiger partial charge in [0.25, 0.3) is 0 Å². The molecule has 102 valence electrons. The Bertz CT molecular complexity index is 191. The Morgan fingerprint density at radius 3 is 2.71 bits per heavy atom. The van der Waals surface area contributed by atoms with Crippen molar-refractivity contribution in [3.63, 3.8) is 0 Å². The van der Waals surface area contributed by atoms with Crippen LogP contribution in [0.2, 0.25) is 0 Å². The summed E-state index contributed by atoms with van der Waals surface area (Å²) in [6.07, 6.45) is 7.67. The van der Waals surface area contributed by atoms with Crippen LogP contribution in [0, 0.1) is 0 Å². The molecule has 0 saturated carbocycles. The van der Waals surface area contributed by atoms with Gasteiger partial charge in [-0.15, -0.1) is 0 Å². The third kappa shape index (κ3) is 4.94. The van der Waals surface area contributed by atoms with Gasteiger partial charge in [-0.05, 0) is 19.8 Å². The van der Waals surface area contributed by atoms with Crippen molar-refractivity contribution in [1.29, 1.82) is 0 Å². The zero-order valence-electron chi connectivity index (χ0n) is 11.7. The average molecular weight is 242 g/mol. The maximum atomic E-state index is 6.02. The first kappa shape index (κ1) is 14.9. The topological polar surface area (TPSA) is 38.5 Å². The van der Waals surface area contributed by atoms with Crippen LogP contribution in [0.5, 0.6) is 0 Å². The first-order valence-corrected chi connectivity index (χ1v) is 7.26. The maximum Gasteiger partial charge on any atom is 0.0593 e. The van der Waals surface area contributed by atoms with Gasteiger partial charge >= 0.3 is 0 Å². The lowest BCUT2D eigenvalue weighted by atomic mass is 9.91. The quantitative estimate of drug-likeness (QED) is 0.697. The van der Waals surface area contributed by atoms with Gasteiger partial charge in [0.05, 0.1) is 6.61 Å². The smallest absolute Gasteiger partial charge is 0.0593 e. The Morgan fingerprint density at radius 2 is 2.00 bits per heavy atom. The van der Waals surface area contributed by atoms with Crippen LogP contribution in [0.4, 0.5) is 0 Å². The number of nitrogens with zero attached hydrogens (tertiary/aromatic N) is 1. The minimum atomic E-state index is 0.182. The number of nitrogens with two attached hydrogens (primary N) is 1. The predicted molar refractivity (Wildman–Crippen MR) is 73.2 cm³/mol. The predicted octanol–water partition coefficient (Wildman–Crippen LogP) is 2.40. The van der Waals surface area contributed by atoms with Crippen molar-refractivity contribution in [3.05, 3.63) is 0 Å². The van der Waals surface area contributed by atoms with Gasteiger partial charge in [-0.1, -0.05) is 32.6 Å². The number of hydrogen-bond donors (Lipinski definition) is 1. The van der Waals surface area contributed by atoms with Crippen LogP contribution in [0.25, 0.3) is 0 Å². The van der Waals surface area contributed by atoms with E-state index in [1.165, 1.54) is 32.1 Å². The van der Waals surface area contributed by atoms with Crippen molar-refractivity contribution >= 4 is 0 Å². The summed E-state index contributed by atoms with van der Waals surface area (Å²) in [7, 11) is 0. The standard InChI is InChI=1S/C14H30N2O/c1-3-4-5-6-8-14(2,13-15)16-9-7-11-17-12-10-16/h3-13,15H2,1-2H3. The number of hydrogen-bond acceptors (Lipinski definition) is 3. The Kier molecular flexibility index (Phi) is 7.09. The minimum absolute atomic E-state index is 0.182. The highest BCUT2D eigenvalue weighted by atomic mass is 16.5. The van der Waals surface area contributed by atoms with E-state index < -0.39 is 0 Å². The Balaban J connectivity index is 2.41. The highest BCUT2D eigenvalue weighted by Crippen LogP contribution is 2.23. The van der Waals surface area contributed by atoms with E-state index in [2.05, 4.69) is 18.7 Å². The highest BCUT2D eigenvalue weighted by Gasteiger charge is 2.30. The lowest BCUT2D eigenvalue weighted by molar-refractivity contribution is 0.0859. The largest absolute Gasteiger partial charge is 0.380 e. The molecule has 0 aromatic rings. The molecule has 17 heavy (non-hydrogen) atoms. The molecular weight excluding hydrogens is 212 g/mol. The van der Waals surface area contributed by atoms with E-state index in [1.54, 1.807) is 0 Å². The molecule has 2 N–H and O–H groups in total. The van der Waals surface area contributed by atoms with Gasteiger partial charge in [-0.3, -0.25) is 4.90 Å². The van der Waals surface area contributed by atoms with Crippen LogP contribution in [-0.2, 0) is 4.74 Å². The molecule has 0 radical (unpaired) electrons. The van der Waals surface area contributed by atoms with Crippen LogP contribution in [-0.4, -0.2) is 43.3 Å². The molecule has 0 spiro atoms. The molecule has 1 unspecified atom stereocenters. The summed E-state index contributed by atoms with van der Waals surface area (Å²) in [5.74, 6) is 0. The summed E-state index contributed by atoms with van der Waals surface area (Å²) in [6.45, 7) is 9.30. The zero-order chi connectivity index (χ0) is 12.6. The highest BCUT2D eigenvalue weighted by molar-refractivity contribution is 4.88. The molecule has 1 fully saturated rings. The van der Waals surface area contributed by atoms with Gasteiger partial charge < -0.3 is 10.5 Å². The second-order valence-electron chi connectivity index (χ2n) is 5.46. The summed E-state index contributed by atoms with van der Waals surface area (Å²) in [5, 5.41) is 0. The van der Waals surface area contributed by atoms with Crippen molar-refractivity contribution in [2.24, 2.45) is 5.73 Å². The van der Waals surface area contributed by atoms with Gasteiger partial charge in [0, 0.05) is 31.8 Å². The molecule has 1 heterocycles. The molecule has 1 aliphatic heterocycles. The zero-order valence-corrected chi connectivity index (χ0v) is 11.7. The summed E-state index contributed by atoms with van der Waals surface area (Å²) in [6, 6.07) is 0. The second kappa shape index (κ2) is 8.06. The van der Waals surface area contributed by atoms with E-state index in [1.807, 2.05) is 0 Å². The van der Waals surface area contributed by atoms with E-state index in [0.29, 0.717) is 0 Å². The van der Waals surface area contributed by atoms with Gasteiger partial charge in [-0.2, -0.15) is 0 Å². The van der Waals surface area contributed by atoms with E-state index in [0.717, 1.165) is 39.3 Å². The SMILES string of the molecule is CCCCCCC(C)(CN)N1CCCOCC1. The molecule has 3 nitrogen and oxygen atoms in total. The van der Waals surface area contributed by atoms with Gasteiger partial charge in [0.2, 0.25) is 0 Å². The van der Waals surface area contributed by atoms with Crippen LogP contribution in [0.1, 0.15) is 52.4 Å². The molecule has 0 aliphatic carbocycles. The van der Waals surface area contributed by atoms with Crippen molar-refractivity contribution < 1.29 is 4.74 Å². The second-order valence-corrected chi connectivity index (χ2v) is 5.46. The van der Waals surface area contributed by atoms with Crippen molar-refractivity contribution in [2.45, 2.75) is 57.9 Å². The lowest BCUT2D eigenvalue weighted by Gasteiger charge is -2.40. The average Bonchev–Trinajstić information content (AvgIpc) is 2.63. The molecule has 0 aromatic heterocycles. The molecular formula is C14H30N2O. The normalized spacial score (nSPS) is 22.1. The van der Waals surface area contributed by atoms with Crippen LogP contribution in [0.15, 0.2) is 0 Å². The van der Waals surface area contributed by atoms with Gasteiger partial charge in [0.15, 0.2) is 0 Å². The van der Waals surface area contributed by atoms with Crippen LogP contribution in [0.3, 0.4) is 0 Å². The minimum Gasteiger partial charge on any atom is -0.380 e. The van der Waals surface area contributed by atoms with Crippen molar-refractivity contribution in [1.82, 2.24) is 4.90 Å². The summed E-state index contributed by atoms with van der Waals surface area (Å²) < 4.78 is 5.52. The molecule has 0 aromatic carbocycles. The number of unbranched alkanes of at least 4 members (excludes halogenated alkanes) is 3. The van der Waals surface area contributed by atoms with E-state index in [-0.39, 0.29) is 5.54 Å². The first-order valence-electron chi connectivity index (χ1n) is 7.26. The molecule has 1 aliphatic rings. The molecule has 1 atom stereocenters. The third-order valence-electron chi connectivity index (χ3n) is 3.99. The fraction of sp³-hybridized carbons (Fsp3) is 1.00. The summed E-state index contributed by atoms with van der Waals surface area (Å²) in [5.41, 5.74) is 6.20. The molecule has 0 amide bonds. The van der Waals surface area contributed by atoms with Crippen molar-refractivity contribution in [3.8, 4) is 0 Å². The Hall–Kier alpha value is -0.120. The summed E-state index contributed by atoms with van der Waals surface area (Å²) >= 11 is 0. The summed E-state index contributed by atoms with van der Waals surface area (Å²) in [4.78, 5) is 2.55. The van der Waals surface area contributed by atoms with Crippen LogP contribution < -0.4 is 5.73 Å². The van der Waals surface area contributed by atoms with Gasteiger partial charge in [0.1, 0.15) is 0 Å². The first-order chi connectivity index (χ1) is 8.23. The molecule has 1 rings (SSSR count). The van der Waals surface area contributed by atoms with E-state index in [4.69, 9.17) is 10.5 Å².